The van der Waals surface area contributed by atoms with Crippen molar-refractivity contribution < 1.29 is 9.34 Å². The van der Waals surface area contributed by atoms with E-state index in [1.54, 1.807) is 24.5 Å². The molecule has 0 saturated carbocycles. The van der Waals surface area contributed by atoms with E-state index in [1.807, 2.05) is 11.6 Å². The second kappa shape index (κ2) is 3.69. The number of nitrogens with zero attached hydrogens (tertiary/aromatic N) is 3. The van der Waals surface area contributed by atoms with Crippen LogP contribution in [0.4, 0.5) is 5.69 Å². The third kappa shape index (κ3) is 1.46. The summed E-state index contributed by atoms with van der Waals surface area (Å²) in [6, 6.07) is 8.19. The van der Waals surface area contributed by atoms with Crippen LogP contribution in [0.3, 0.4) is 0 Å². The van der Waals surface area contributed by atoms with Crippen LogP contribution in [0.2, 0.25) is 0 Å². The Balaban J connectivity index is 2.25. The first kappa shape index (κ1) is 10.5. The Kier molecular flexibility index (Phi) is 2.16. The number of fused-ring (bicyclic) bond motifs is 1. The Morgan fingerprint density at radius 1 is 1.39 bits per heavy atom. The maximum absolute atomic E-state index is 10.7. The number of nitro groups is 1. The van der Waals surface area contributed by atoms with E-state index < -0.39 is 4.92 Å². The van der Waals surface area contributed by atoms with Crippen LogP contribution in [0.5, 0.6) is 0 Å². The van der Waals surface area contributed by atoms with Crippen LogP contribution in [-0.2, 0) is 7.05 Å². The van der Waals surface area contributed by atoms with Crippen molar-refractivity contribution in [1.82, 2.24) is 9.55 Å². The molecule has 2 aromatic heterocycles. The number of rotatable bonds is 2. The Bertz CT molecular complexity index is 728. The van der Waals surface area contributed by atoms with Crippen molar-refractivity contribution in [3.63, 3.8) is 0 Å². The number of aryl methyl sites for hydroxylation is 1. The molecule has 0 aliphatic carbocycles. The molecule has 3 rings (SSSR count). The molecule has 3 aromatic rings. The summed E-state index contributed by atoms with van der Waals surface area (Å²) in [4.78, 5) is 14.7. The first-order valence-corrected chi connectivity index (χ1v) is 5.31. The highest BCUT2D eigenvalue weighted by Crippen LogP contribution is 2.26. The molecule has 0 fully saturated rings. The lowest BCUT2D eigenvalue weighted by atomic mass is 10.3. The number of hydrogen-bond donors (Lipinski definition) is 0. The second-order valence-corrected chi connectivity index (χ2v) is 3.90. The lowest BCUT2D eigenvalue weighted by molar-refractivity contribution is -0.384. The van der Waals surface area contributed by atoms with Gasteiger partial charge in [-0.25, -0.2) is 4.98 Å². The van der Waals surface area contributed by atoms with Gasteiger partial charge < -0.3 is 8.98 Å². The van der Waals surface area contributed by atoms with Crippen molar-refractivity contribution in [3.05, 3.63) is 46.7 Å². The molecule has 0 saturated heterocycles. The topological polar surface area (TPSA) is 74.1 Å². The standard InChI is InChI=1S/C12H9N3O3/c1-14-10-5-4-8(15(16)17)7-9(10)13-12(14)11-3-2-6-18-11/h2-7H,1H3. The fourth-order valence-electron chi connectivity index (χ4n) is 1.93. The van der Waals surface area contributed by atoms with Crippen LogP contribution < -0.4 is 0 Å². The molecule has 1 aromatic carbocycles. The van der Waals surface area contributed by atoms with Gasteiger partial charge in [0.15, 0.2) is 11.6 Å². The van der Waals surface area contributed by atoms with Gasteiger partial charge in [0.2, 0.25) is 0 Å². The molecule has 18 heavy (non-hydrogen) atoms. The zero-order valence-electron chi connectivity index (χ0n) is 9.53. The average molecular weight is 243 g/mol. The van der Waals surface area contributed by atoms with Gasteiger partial charge in [-0.05, 0) is 18.2 Å². The Hall–Kier alpha value is -2.63. The molecule has 0 spiro atoms. The number of imidazole rings is 1. The van der Waals surface area contributed by atoms with Crippen LogP contribution in [-0.4, -0.2) is 14.5 Å². The minimum Gasteiger partial charge on any atom is -0.461 e. The maximum Gasteiger partial charge on any atom is 0.271 e. The van der Waals surface area contributed by atoms with Gasteiger partial charge in [0.05, 0.1) is 22.2 Å². The molecule has 0 amide bonds. The van der Waals surface area contributed by atoms with Crippen molar-refractivity contribution >= 4 is 16.7 Å². The van der Waals surface area contributed by atoms with Crippen molar-refractivity contribution in [1.29, 1.82) is 0 Å². The highest BCUT2D eigenvalue weighted by atomic mass is 16.6. The molecule has 90 valence electrons. The van der Waals surface area contributed by atoms with Gasteiger partial charge in [0.1, 0.15) is 0 Å². The minimum absolute atomic E-state index is 0.0339. The monoisotopic (exact) mass is 243 g/mol. The first-order valence-electron chi connectivity index (χ1n) is 5.31. The molecule has 2 heterocycles. The lowest BCUT2D eigenvalue weighted by Gasteiger charge is -1.98. The van der Waals surface area contributed by atoms with Gasteiger partial charge in [-0.1, -0.05) is 0 Å². The smallest absolute Gasteiger partial charge is 0.271 e. The summed E-state index contributed by atoms with van der Waals surface area (Å²) in [5.41, 5.74) is 1.44. The lowest BCUT2D eigenvalue weighted by Crippen LogP contribution is -1.91. The maximum atomic E-state index is 10.7. The van der Waals surface area contributed by atoms with Gasteiger partial charge >= 0.3 is 0 Å². The van der Waals surface area contributed by atoms with E-state index in [0.717, 1.165) is 5.52 Å². The third-order valence-electron chi connectivity index (χ3n) is 2.82. The summed E-state index contributed by atoms with van der Waals surface area (Å²) in [5.74, 6) is 1.28. The van der Waals surface area contributed by atoms with E-state index >= 15 is 0 Å². The van der Waals surface area contributed by atoms with Crippen LogP contribution in [0, 0.1) is 10.1 Å². The molecule has 0 radical (unpaired) electrons. The number of benzene rings is 1. The van der Waals surface area contributed by atoms with Crippen molar-refractivity contribution in [3.8, 4) is 11.6 Å². The summed E-state index contributed by atoms with van der Waals surface area (Å²) in [7, 11) is 1.85. The quantitative estimate of drug-likeness (QED) is 0.512. The largest absolute Gasteiger partial charge is 0.461 e. The number of furan rings is 1. The van der Waals surface area contributed by atoms with E-state index in [4.69, 9.17) is 4.42 Å². The van der Waals surface area contributed by atoms with Gasteiger partial charge in [0, 0.05) is 19.2 Å². The molecule has 0 atom stereocenters. The molecular formula is C12H9N3O3. The predicted octanol–water partition coefficient (Wildman–Crippen LogP) is 2.74. The van der Waals surface area contributed by atoms with E-state index in [1.165, 1.54) is 12.1 Å². The van der Waals surface area contributed by atoms with Crippen molar-refractivity contribution in [2.45, 2.75) is 0 Å². The summed E-state index contributed by atoms with van der Waals surface area (Å²) in [6.45, 7) is 0. The summed E-state index contributed by atoms with van der Waals surface area (Å²) in [6.07, 6.45) is 1.57. The molecular weight excluding hydrogens is 234 g/mol. The normalized spacial score (nSPS) is 10.9. The predicted molar refractivity (Wildman–Crippen MR) is 65.1 cm³/mol. The summed E-state index contributed by atoms with van der Waals surface area (Å²) < 4.78 is 7.14. The highest BCUT2D eigenvalue weighted by Gasteiger charge is 2.14. The molecule has 0 aliphatic heterocycles. The number of aromatic nitrogens is 2. The van der Waals surface area contributed by atoms with Gasteiger partial charge in [-0.3, -0.25) is 10.1 Å². The molecule has 0 bridgehead atoms. The van der Waals surface area contributed by atoms with Crippen LogP contribution in [0.25, 0.3) is 22.6 Å². The minimum atomic E-state index is -0.430. The first-order chi connectivity index (χ1) is 8.66. The van der Waals surface area contributed by atoms with Crippen LogP contribution in [0.15, 0.2) is 41.0 Å². The van der Waals surface area contributed by atoms with Gasteiger partial charge in [-0.2, -0.15) is 0 Å². The van der Waals surface area contributed by atoms with E-state index in [-0.39, 0.29) is 5.69 Å². The Labute approximate surface area is 102 Å². The zero-order chi connectivity index (χ0) is 12.7. The second-order valence-electron chi connectivity index (χ2n) is 3.90. The highest BCUT2D eigenvalue weighted by molar-refractivity contribution is 5.81. The SMILES string of the molecule is Cn1c(-c2ccco2)nc2cc([N+](=O)[O-])ccc21. The van der Waals surface area contributed by atoms with E-state index in [2.05, 4.69) is 4.98 Å². The van der Waals surface area contributed by atoms with E-state index in [9.17, 15) is 10.1 Å². The Morgan fingerprint density at radius 2 is 2.22 bits per heavy atom. The molecule has 0 aliphatic rings. The van der Waals surface area contributed by atoms with E-state index in [0.29, 0.717) is 17.1 Å². The van der Waals surface area contributed by atoms with Gasteiger partial charge in [-0.15, -0.1) is 0 Å². The molecule has 0 unspecified atom stereocenters. The molecule has 6 heteroatoms. The number of non-ortho nitro benzene ring substituents is 1. The number of hydrogen-bond acceptors (Lipinski definition) is 4. The third-order valence-corrected chi connectivity index (χ3v) is 2.82. The van der Waals surface area contributed by atoms with Gasteiger partial charge in [0.25, 0.3) is 5.69 Å². The fourth-order valence-corrected chi connectivity index (χ4v) is 1.93. The molecule has 0 N–H and O–H groups in total. The van der Waals surface area contributed by atoms with Crippen molar-refractivity contribution in [2.24, 2.45) is 7.05 Å². The van der Waals surface area contributed by atoms with Crippen LogP contribution >= 0.6 is 0 Å². The van der Waals surface area contributed by atoms with Crippen LogP contribution in [0.1, 0.15) is 0 Å². The molecule has 6 nitrogen and oxygen atoms in total. The average Bonchev–Trinajstić information content (AvgIpc) is 2.97. The summed E-state index contributed by atoms with van der Waals surface area (Å²) >= 11 is 0. The summed E-state index contributed by atoms with van der Waals surface area (Å²) in [5, 5.41) is 10.7. The van der Waals surface area contributed by atoms with Crippen molar-refractivity contribution in [2.75, 3.05) is 0 Å². The zero-order valence-corrected chi connectivity index (χ0v) is 9.53. The fraction of sp³-hybridized carbons (Fsp3) is 0.0833. The Morgan fingerprint density at radius 3 is 2.89 bits per heavy atom. The number of nitro benzene ring substituents is 1.